The van der Waals surface area contributed by atoms with Crippen molar-refractivity contribution in [2.24, 2.45) is 0 Å². The Balaban J connectivity index is 2.22. The number of unbranched alkanes of at least 4 members (excludes halogenated alkanes) is 1. The Morgan fingerprint density at radius 3 is 2.38 bits per heavy atom. The van der Waals surface area contributed by atoms with Gasteiger partial charge in [0.05, 0.1) is 11.4 Å². The van der Waals surface area contributed by atoms with Crippen molar-refractivity contribution in [3.05, 3.63) is 65.2 Å². The molecule has 0 saturated carbocycles. The lowest BCUT2D eigenvalue weighted by Gasteiger charge is -2.11. The smallest absolute Gasteiger partial charge is 0.234 e. The Bertz CT molecular complexity index is 849. The average molecular weight is 320 g/mol. The minimum Gasteiger partial charge on any atom is -0.492 e. The van der Waals surface area contributed by atoms with Crippen molar-refractivity contribution >= 4 is 0 Å². The zero-order valence-corrected chi connectivity index (χ0v) is 14.6. The molecule has 0 unspecified atom stereocenters. The van der Waals surface area contributed by atoms with Crippen LogP contribution in [-0.4, -0.2) is 14.9 Å². The van der Waals surface area contributed by atoms with Gasteiger partial charge >= 0.3 is 0 Å². The number of nitrogens with zero attached hydrogens (tertiary/aromatic N) is 2. The standard InChI is InChI=1S/C21H24N2O/c1-4-5-12-19-20(17-10-6-8-15(2)13-17)23(22-21(19)24)18-11-7-9-16(3)14-18/h6-11,13-14H,4-5,12H2,1-3H3,(H,22,24). The quantitative estimate of drug-likeness (QED) is 0.701. The van der Waals surface area contributed by atoms with Crippen LogP contribution in [0, 0.1) is 13.8 Å². The number of hydrogen-bond acceptors (Lipinski definition) is 2. The molecule has 0 aliphatic heterocycles. The third kappa shape index (κ3) is 3.21. The fraction of sp³-hybridized carbons (Fsp3) is 0.286. The van der Waals surface area contributed by atoms with Crippen molar-refractivity contribution in [2.45, 2.75) is 40.0 Å². The first-order chi connectivity index (χ1) is 11.6. The van der Waals surface area contributed by atoms with Crippen LogP contribution in [0.5, 0.6) is 5.88 Å². The summed E-state index contributed by atoms with van der Waals surface area (Å²) in [5, 5.41) is 14.9. The van der Waals surface area contributed by atoms with Crippen LogP contribution in [0.25, 0.3) is 16.9 Å². The first-order valence-corrected chi connectivity index (χ1v) is 8.55. The number of rotatable bonds is 5. The van der Waals surface area contributed by atoms with Crippen LogP contribution in [0.1, 0.15) is 36.5 Å². The van der Waals surface area contributed by atoms with Gasteiger partial charge in [-0.25, -0.2) is 4.68 Å². The van der Waals surface area contributed by atoms with E-state index in [4.69, 9.17) is 0 Å². The molecule has 0 saturated heterocycles. The monoisotopic (exact) mass is 320 g/mol. The van der Waals surface area contributed by atoms with Gasteiger partial charge in [0.2, 0.25) is 5.88 Å². The summed E-state index contributed by atoms with van der Waals surface area (Å²) in [6, 6.07) is 16.6. The topological polar surface area (TPSA) is 38.1 Å². The van der Waals surface area contributed by atoms with Gasteiger partial charge in [0.25, 0.3) is 0 Å². The first-order valence-electron chi connectivity index (χ1n) is 8.55. The number of hydrogen-bond donors (Lipinski definition) is 1. The maximum atomic E-state index is 10.5. The third-order valence-corrected chi connectivity index (χ3v) is 4.28. The average Bonchev–Trinajstić information content (AvgIpc) is 2.89. The molecule has 3 aromatic rings. The van der Waals surface area contributed by atoms with Gasteiger partial charge in [-0.15, -0.1) is 5.10 Å². The summed E-state index contributed by atoms with van der Waals surface area (Å²) in [6.45, 7) is 6.31. The van der Waals surface area contributed by atoms with Crippen molar-refractivity contribution in [3.8, 4) is 22.8 Å². The molecule has 0 spiro atoms. The van der Waals surface area contributed by atoms with E-state index in [1.807, 2.05) is 16.8 Å². The highest BCUT2D eigenvalue weighted by Gasteiger charge is 2.19. The van der Waals surface area contributed by atoms with Gasteiger partial charge < -0.3 is 5.11 Å². The Labute approximate surface area is 143 Å². The van der Waals surface area contributed by atoms with E-state index in [0.717, 1.165) is 41.8 Å². The van der Waals surface area contributed by atoms with Crippen LogP contribution in [0.2, 0.25) is 0 Å². The molecular formula is C21H24N2O. The molecule has 0 fully saturated rings. The van der Waals surface area contributed by atoms with E-state index in [1.165, 1.54) is 11.1 Å². The van der Waals surface area contributed by atoms with Crippen LogP contribution < -0.4 is 0 Å². The van der Waals surface area contributed by atoms with Crippen molar-refractivity contribution in [2.75, 3.05) is 0 Å². The number of aryl methyl sites for hydroxylation is 2. The molecule has 0 bridgehead atoms. The lowest BCUT2D eigenvalue weighted by atomic mass is 10.0. The molecule has 0 aliphatic rings. The Hall–Kier alpha value is -2.55. The lowest BCUT2D eigenvalue weighted by Crippen LogP contribution is -2.00. The number of benzene rings is 2. The first kappa shape index (κ1) is 16.3. The van der Waals surface area contributed by atoms with E-state index in [0.29, 0.717) is 0 Å². The van der Waals surface area contributed by atoms with E-state index >= 15 is 0 Å². The van der Waals surface area contributed by atoms with Crippen LogP contribution in [-0.2, 0) is 6.42 Å². The molecule has 0 radical (unpaired) electrons. The summed E-state index contributed by atoms with van der Waals surface area (Å²) in [6.07, 6.45) is 2.95. The van der Waals surface area contributed by atoms with Crippen molar-refractivity contribution in [1.82, 2.24) is 9.78 Å². The second-order valence-corrected chi connectivity index (χ2v) is 6.37. The largest absolute Gasteiger partial charge is 0.492 e. The summed E-state index contributed by atoms with van der Waals surface area (Å²) in [7, 11) is 0. The molecule has 0 atom stereocenters. The molecule has 124 valence electrons. The summed E-state index contributed by atoms with van der Waals surface area (Å²) in [4.78, 5) is 0. The molecule has 3 heteroatoms. The molecular weight excluding hydrogens is 296 g/mol. The minimum absolute atomic E-state index is 0.140. The molecule has 1 heterocycles. The van der Waals surface area contributed by atoms with E-state index in [-0.39, 0.29) is 5.88 Å². The Kier molecular flexibility index (Phi) is 4.70. The molecule has 3 nitrogen and oxygen atoms in total. The second kappa shape index (κ2) is 6.91. The maximum absolute atomic E-state index is 10.5. The fourth-order valence-corrected chi connectivity index (χ4v) is 3.06. The van der Waals surface area contributed by atoms with Crippen molar-refractivity contribution in [3.63, 3.8) is 0 Å². The predicted octanol–water partition coefficient (Wildman–Crippen LogP) is 5.20. The highest BCUT2D eigenvalue weighted by molar-refractivity contribution is 5.69. The molecule has 24 heavy (non-hydrogen) atoms. The normalized spacial score (nSPS) is 11.0. The maximum Gasteiger partial charge on any atom is 0.234 e. The molecule has 0 aliphatic carbocycles. The summed E-state index contributed by atoms with van der Waals surface area (Å²) < 4.78 is 1.88. The Morgan fingerprint density at radius 2 is 1.71 bits per heavy atom. The molecule has 3 rings (SSSR count). The van der Waals surface area contributed by atoms with Gasteiger partial charge in [0.1, 0.15) is 0 Å². The Morgan fingerprint density at radius 1 is 1.00 bits per heavy atom. The fourth-order valence-electron chi connectivity index (χ4n) is 3.06. The highest BCUT2D eigenvalue weighted by atomic mass is 16.3. The van der Waals surface area contributed by atoms with Gasteiger partial charge in [-0.1, -0.05) is 49.2 Å². The minimum atomic E-state index is 0.140. The second-order valence-electron chi connectivity index (χ2n) is 6.37. The third-order valence-electron chi connectivity index (χ3n) is 4.28. The van der Waals surface area contributed by atoms with Gasteiger partial charge in [-0.05, 0) is 50.5 Å². The predicted molar refractivity (Wildman–Crippen MR) is 98.8 cm³/mol. The van der Waals surface area contributed by atoms with E-state index in [1.54, 1.807) is 0 Å². The molecule has 0 amide bonds. The van der Waals surface area contributed by atoms with Crippen LogP contribution in [0.15, 0.2) is 48.5 Å². The van der Waals surface area contributed by atoms with Gasteiger partial charge in [0, 0.05) is 11.1 Å². The SMILES string of the molecule is CCCCc1c(O)nn(-c2cccc(C)c2)c1-c1cccc(C)c1. The number of aromatic hydroxyl groups is 1. The summed E-state index contributed by atoms with van der Waals surface area (Å²) in [5.74, 6) is 0.140. The summed E-state index contributed by atoms with van der Waals surface area (Å²) >= 11 is 0. The lowest BCUT2D eigenvalue weighted by molar-refractivity contribution is 0.441. The zero-order chi connectivity index (χ0) is 17.1. The van der Waals surface area contributed by atoms with Gasteiger partial charge in [-0.3, -0.25) is 0 Å². The highest BCUT2D eigenvalue weighted by Crippen LogP contribution is 2.34. The molecule has 1 aromatic heterocycles. The number of aromatic nitrogens is 2. The summed E-state index contributed by atoms with van der Waals surface area (Å²) in [5.41, 5.74) is 6.37. The zero-order valence-electron chi connectivity index (χ0n) is 14.6. The van der Waals surface area contributed by atoms with Crippen molar-refractivity contribution < 1.29 is 5.11 Å². The molecule has 2 aromatic carbocycles. The van der Waals surface area contributed by atoms with E-state index in [9.17, 15) is 5.11 Å². The van der Waals surface area contributed by atoms with Crippen LogP contribution in [0.4, 0.5) is 0 Å². The molecule has 1 N–H and O–H groups in total. The van der Waals surface area contributed by atoms with Crippen molar-refractivity contribution in [1.29, 1.82) is 0 Å². The van der Waals surface area contributed by atoms with E-state index in [2.05, 4.69) is 62.3 Å². The van der Waals surface area contributed by atoms with Gasteiger partial charge in [0.15, 0.2) is 0 Å². The van der Waals surface area contributed by atoms with E-state index < -0.39 is 0 Å². The van der Waals surface area contributed by atoms with Crippen LogP contribution >= 0.6 is 0 Å². The van der Waals surface area contributed by atoms with Crippen LogP contribution in [0.3, 0.4) is 0 Å². The van der Waals surface area contributed by atoms with Gasteiger partial charge in [-0.2, -0.15) is 0 Å².